The average Bonchev–Trinajstić information content (AvgIpc) is 3.08. The Labute approximate surface area is 148 Å². The molecule has 122 valence electrons. The number of aromatic amines is 1. The minimum absolute atomic E-state index is 0.468. The first-order chi connectivity index (χ1) is 12.8. The number of nitrogens with zero attached hydrogens (tertiary/aromatic N) is 5. The molecule has 0 unspecified atom stereocenters. The highest BCUT2D eigenvalue weighted by atomic mass is 15.0. The number of hydrogen-bond donors (Lipinski definition) is 2. The van der Waals surface area contributed by atoms with Gasteiger partial charge in [0.1, 0.15) is 23.4 Å². The normalized spacial score (nSPS) is 11.3. The first kappa shape index (κ1) is 14.3. The fraction of sp³-hybridized carbons (Fsp3) is 0. The molecular weight excluding hydrogens is 326 g/mol. The lowest BCUT2D eigenvalue weighted by molar-refractivity contribution is 1.24. The Bertz CT molecular complexity index is 1120. The van der Waals surface area contributed by atoms with Crippen molar-refractivity contribution in [3.8, 4) is 40.0 Å². The molecule has 0 fully saturated rings. The lowest BCUT2D eigenvalue weighted by Crippen LogP contribution is -1.96. The second-order valence-corrected chi connectivity index (χ2v) is 5.79. The number of imidazole rings is 1. The van der Waals surface area contributed by atoms with E-state index < -0.39 is 0 Å². The van der Waals surface area contributed by atoms with Crippen molar-refractivity contribution in [2.24, 2.45) is 0 Å². The number of nitriles is 1. The smallest absolute Gasteiger partial charge is 0.139 e. The third-order valence-electron chi connectivity index (χ3n) is 4.31. The zero-order valence-electron chi connectivity index (χ0n) is 13.4. The predicted molar refractivity (Wildman–Crippen MR) is 96.3 cm³/mol. The Balaban J connectivity index is 1.82. The van der Waals surface area contributed by atoms with Gasteiger partial charge in [0.05, 0.1) is 23.1 Å². The Morgan fingerprint density at radius 2 is 1.77 bits per heavy atom. The van der Waals surface area contributed by atoms with Crippen LogP contribution in [-0.4, -0.2) is 24.9 Å². The zero-order chi connectivity index (χ0) is 17.5. The molecule has 0 bridgehead atoms. The topological polar surface area (TPSA) is 103 Å². The summed E-state index contributed by atoms with van der Waals surface area (Å²) in [4.78, 5) is 20.8. The van der Waals surface area contributed by atoms with Crippen LogP contribution in [0.3, 0.4) is 0 Å². The fourth-order valence-electron chi connectivity index (χ4n) is 3.12. The van der Waals surface area contributed by atoms with Crippen molar-refractivity contribution >= 4 is 11.5 Å². The summed E-state index contributed by atoms with van der Waals surface area (Å²) in [5.74, 6) is 1.34. The second kappa shape index (κ2) is 5.50. The fourth-order valence-corrected chi connectivity index (χ4v) is 3.12. The first-order valence-electron chi connectivity index (χ1n) is 7.96. The van der Waals surface area contributed by atoms with Crippen molar-refractivity contribution in [3.63, 3.8) is 0 Å². The van der Waals surface area contributed by atoms with E-state index in [0.717, 1.165) is 28.2 Å². The summed E-state index contributed by atoms with van der Waals surface area (Å²) in [6.45, 7) is 0. The molecule has 0 atom stereocenters. The van der Waals surface area contributed by atoms with Gasteiger partial charge in [0.2, 0.25) is 0 Å². The van der Waals surface area contributed by atoms with E-state index in [4.69, 9.17) is 4.98 Å². The van der Waals surface area contributed by atoms with E-state index in [1.165, 1.54) is 6.20 Å². The standard InChI is InChI=1S/C19H11N7/c20-8-11-9-21-6-3-12(11)19-25-16-13-4-7-22-10-15(13)24-18-14(17(16)26-19)2-1-5-23-18/h1-7,9-10H,(H,23,24)(H,25,26). The summed E-state index contributed by atoms with van der Waals surface area (Å²) in [5, 5.41) is 12.7. The van der Waals surface area contributed by atoms with Gasteiger partial charge in [-0.2, -0.15) is 5.26 Å². The zero-order valence-corrected chi connectivity index (χ0v) is 13.4. The van der Waals surface area contributed by atoms with Crippen LogP contribution in [0.4, 0.5) is 11.5 Å². The molecule has 7 heteroatoms. The summed E-state index contributed by atoms with van der Waals surface area (Å²) < 4.78 is 0. The molecule has 0 amide bonds. The molecule has 4 aromatic rings. The Morgan fingerprint density at radius 1 is 0.923 bits per heavy atom. The highest BCUT2D eigenvalue weighted by molar-refractivity contribution is 5.95. The summed E-state index contributed by atoms with van der Waals surface area (Å²) >= 11 is 0. The van der Waals surface area contributed by atoms with Crippen LogP contribution in [0.15, 0.2) is 55.2 Å². The van der Waals surface area contributed by atoms with Gasteiger partial charge in [0.15, 0.2) is 0 Å². The van der Waals surface area contributed by atoms with Crippen LogP contribution in [0.25, 0.3) is 33.9 Å². The lowest BCUT2D eigenvalue weighted by atomic mass is 10.1. The molecule has 0 saturated heterocycles. The number of hydrogen-bond acceptors (Lipinski definition) is 6. The molecule has 2 N–H and O–H groups in total. The third-order valence-corrected chi connectivity index (χ3v) is 4.31. The van der Waals surface area contributed by atoms with Crippen molar-refractivity contribution in [3.05, 3.63) is 60.8 Å². The molecule has 5 rings (SSSR count). The van der Waals surface area contributed by atoms with Crippen LogP contribution >= 0.6 is 0 Å². The third kappa shape index (κ3) is 2.06. The highest BCUT2D eigenvalue weighted by Gasteiger charge is 2.24. The monoisotopic (exact) mass is 337 g/mol. The van der Waals surface area contributed by atoms with Gasteiger partial charge in [-0.05, 0) is 24.3 Å². The van der Waals surface area contributed by atoms with Gasteiger partial charge in [-0.25, -0.2) is 9.97 Å². The molecule has 5 heterocycles. The van der Waals surface area contributed by atoms with Gasteiger partial charge >= 0.3 is 0 Å². The molecule has 0 spiro atoms. The molecule has 1 aliphatic heterocycles. The number of aromatic nitrogens is 5. The van der Waals surface area contributed by atoms with Crippen LogP contribution in [0.1, 0.15) is 5.56 Å². The molecule has 1 aliphatic rings. The van der Waals surface area contributed by atoms with E-state index in [0.29, 0.717) is 22.8 Å². The number of pyridine rings is 3. The quantitative estimate of drug-likeness (QED) is 0.485. The van der Waals surface area contributed by atoms with Crippen LogP contribution in [0, 0.1) is 11.3 Å². The number of rotatable bonds is 1. The molecule has 7 nitrogen and oxygen atoms in total. The van der Waals surface area contributed by atoms with Crippen molar-refractivity contribution in [1.82, 2.24) is 24.9 Å². The van der Waals surface area contributed by atoms with E-state index in [2.05, 4.69) is 31.3 Å². The Hall–Kier alpha value is -4.05. The van der Waals surface area contributed by atoms with E-state index >= 15 is 0 Å². The molecular formula is C19H11N7. The SMILES string of the molecule is N#Cc1cnccc1-c1nc2c([nH]1)-c1ccncc1Nc1ncccc1-2. The van der Waals surface area contributed by atoms with Gasteiger partial charge in [-0.1, -0.05) is 0 Å². The Kier molecular flexibility index (Phi) is 3.02. The van der Waals surface area contributed by atoms with E-state index in [1.807, 2.05) is 18.2 Å². The summed E-state index contributed by atoms with van der Waals surface area (Å²) in [6.07, 6.45) is 8.42. The van der Waals surface area contributed by atoms with Crippen molar-refractivity contribution in [1.29, 1.82) is 5.26 Å². The van der Waals surface area contributed by atoms with Gasteiger partial charge in [-0.15, -0.1) is 0 Å². The maximum absolute atomic E-state index is 9.38. The molecule has 0 aliphatic carbocycles. The van der Waals surface area contributed by atoms with Crippen LogP contribution < -0.4 is 5.32 Å². The highest BCUT2D eigenvalue weighted by Crippen LogP contribution is 2.42. The minimum Gasteiger partial charge on any atom is -0.338 e. The number of nitrogens with one attached hydrogen (secondary N) is 2. The van der Waals surface area contributed by atoms with E-state index in [-0.39, 0.29) is 0 Å². The summed E-state index contributed by atoms with van der Waals surface area (Å²) in [5.41, 5.74) is 5.49. The average molecular weight is 337 g/mol. The molecule has 0 aromatic carbocycles. The molecule has 0 saturated carbocycles. The molecule has 0 radical (unpaired) electrons. The van der Waals surface area contributed by atoms with E-state index in [1.54, 1.807) is 30.9 Å². The largest absolute Gasteiger partial charge is 0.338 e. The maximum atomic E-state index is 9.38. The molecule has 26 heavy (non-hydrogen) atoms. The van der Waals surface area contributed by atoms with E-state index in [9.17, 15) is 5.26 Å². The van der Waals surface area contributed by atoms with Crippen LogP contribution in [0.5, 0.6) is 0 Å². The van der Waals surface area contributed by atoms with Gasteiger partial charge in [0, 0.05) is 41.5 Å². The molecule has 4 aromatic heterocycles. The van der Waals surface area contributed by atoms with Crippen molar-refractivity contribution in [2.45, 2.75) is 0 Å². The van der Waals surface area contributed by atoms with Crippen molar-refractivity contribution in [2.75, 3.05) is 5.32 Å². The number of anilines is 2. The van der Waals surface area contributed by atoms with Gasteiger partial charge in [-0.3, -0.25) is 9.97 Å². The summed E-state index contributed by atoms with van der Waals surface area (Å²) in [6, 6.07) is 9.72. The Morgan fingerprint density at radius 3 is 2.65 bits per heavy atom. The maximum Gasteiger partial charge on any atom is 0.139 e. The van der Waals surface area contributed by atoms with Crippen LogP contribution in [0.2, 0.25) is 0 Å². The predicted octanol–water partition coefficient (Wildman–Crippen LogP) is 3.52. The summed E-state index contributed by atoms with van der Waals surface area (Å²) in [7, 11) is 0. The van der Waals surface area contributed by atoms with Crippen LogP contribution in [-0.2, 0) is 0 Å². The van der Waals surface area contributed by atoms with Gasteiger partial charge < -0.3 is 10.3 Å². The van der Waals surface area contributed by atoms with Gasteiger partial charge in [0.25, 0.3) is 0 Å². The van der Waals surface area contributed by atoms with Crippen molar-refractivity contribution < 1.29 is 0 Å². The number of H-pyrrole nitrogens is 1. The number of fused-ring (bicyclic) bond motifs is 5. The first-order valence-corrected chi connectivity index (χ1v) is 7.96. The second-order valence-electron chi connectivity index (χ2n) is 5.79. The minimum atomic E-state index is 0.468. The lowest BCUT2D eigenvalue weighted by Gasteiger charge is -2.07.